The summed E-state index contributed by atoms with van der Waals surface area (Å²) >= 11 is 1.48. The summed E-state index contributed by atoms with van der Waals surface area (Å²) in [5, 5.41) is 21.8. The number of hydrogen-bond acceptors (Lipinski definition) is 8. The number of para-hydroxylation sites is 1. The van der Waals surface area contributed by atoms with Gasteiger partial charge < -0.3 is 14.7 Å². The standard InChI is InChI=1S/C27H26N6O3S/c1-17-6-5-8-19(18(17)2)21-14-27(36-22-9-4-3-7-20(21)22)10-12-32(13-11-27)26-28-15-23(37-26)25-29-31-33(30-25)16-24(34)35/h3-9,14-15H,10-13,16H2,1-2H3,(H,34,35). The Morgan fingerprint density at radius 3 is 2.70 bits per heavy atom. The smallest absolute Gasteiger partial charge is 0.327 e. The molecule has 188 valence electrons. The van der Waals surface area contributed by atoms with E-state index >= 15 is 0 Å². The van der Waals surface area contributed by atoms with Gasteiger partial charge >= 0.3 is 5.97 Å². The zero-order valence-electron chi connectivity index (χ0n) is 20.6. The minimum Gasteiger partial charge on any atom is -0.482 e. The predicted molar refractivity (Wildman–Crippen MR) is 141 cm³/mol. The third kappa shape index (κ3) is 4.37. The lowest BCUT2D eigenvalue weighted by Crippen LogP contribution is -2.48. The minimum absolute atomic E-state index is 0.326. The third-order valence-electron chi connectivity index (χ3n) is 7.12. The first kappa shape index (κ1) is 23.4. The summed E-state index contributed by atoms with van der Waals surface area (Å²) in [6.07, 6.45) is 5.72. The second-order valence-electron chi connectivity index (χ2n) is 9.50. The number of benzene rings is 2. The van der Waals surface area contributed by atoms with Gasteiger partial charge in [-0.1, -0.05) is 47.7 Å². The molecule has 10 heteroatoms. The van der Waals surface area contributed by atoms with Gasteiger partial charge in [0.25, 0.3) is 0 Å². The number of fused-ring (bicyclic) bond motifs is 1. The van der Waals surface area contributed by atoms with E-state index in [1.807, 2.05) is 6.07 Å². The number of anilines is 1. The van der Waals surface area contributed by atoms with E-state index in [9.17, 15) is 4.79 Å². The lowest BCUT2D eigenvalue weighted by Gasteiger charge is -2.43. The molecule has 1 saturated heterocycles. The summed E-state index contributed by atoms with van der Waals surface area (Å²) in [5.74, 6) is 0.298. The summed E-state index contributed by atoms with van der Waals surface area (Å²) in [5.41, 5.74) is 5.83. The molecule has 1 spiro atoms. The van der Waals surface area contributed by atoms with Crippen LogP contribution in [-0.2, 0) is 11.3 Å². The Labute approximate surface area is 218 Å². The monoisotopic (exact) mass is 514 g/mol. The van der Waals surface area contributed by atoms with E-state index in [1.165, 1.54) is 33.6 Å². The largest absolute Gasteiger partial charge is 0.482 e. The highest BCUT2D eigenvalue weighted by atomic mass is 32.1. The Morgan fingerprint density at radius 2 is 1.89 bits per heavy atom. The Kier molecular flexibility index (Phi) is 5.75. The molecule has 0 aliphatic carbocycles. The van der Waals surface area contributed by atoms with E-state index in [4.69, 9.17) is 9.84 Å². The van der Waals surface area contributed by atoms with Crippen LogP contribution in [0.3, 0.4) is 0 Å². The number of nitrogens with zero attached hydrogens (tertiary/aromatic N) is 6. The van der Waals surface area contributed by atoms with Crippen molar-refractivity contribution in [2.45, 2.75) is 38.8 Å². The van der Waals surface area contributed by atoms with E-state index in [1.54, 1.807) is 6.20 Å². The van der Waals surface area contributed by atoms with E-state index in [0.29, 0.717) is 5.82 Å². The highest BCUT2D eigenvalue weighted by Gasteiger charge is 2.39. The number of rotatable bonds is 5. The summed E-state index contributed by atoms with van der Waals surface area (Å²) < 4.78 is 6.68. The number of thiazole rings is 1. The molecule has 9 nitrogen and oxygen atoms in total. The van der Waals surface area contributed by atoms with Crippen LogP contribution in [0.25, 0.3) is 16.3 Å². The highest BCUT2D eigenvalue weighted by molar-refractivity contribution is 7.18. The van der Waals surface area contributed by atoms with Gasteiger partial charge in [0.1, 0.15) is 11.4 Å². The maximum atomic E-state index is 10.9. The van der Waals surface area contributed by atoms with Gasteiger partial charge in [-0.05, 0) is 53.5 Å². The Morgan fingerprint density at radius 1 is 1.11 bits per heavy atom. The predicted octanol–water partition coefficient (Wildman–Crippen LogP) is 4.36. The first-order valence-corrected chi connectivity index (χ1v) is 13.0. The molecule has 2 aliphatic heterocycles. The first-order valence-electron chi connectivity index (χ1n) is 12.2. The number of tetrazole rings is 1. The lowest BCUT2D eigenvalue weighted by atomic mass is 9.81. The van der Waals surface area contributed by atoms with Crippen LogP contribution in [0.1, 0.15) is 35.1 Å². The highest BCUT2D eigenvalue weighted by Crippen LogP contribution is 2.44. The number of aromatic nitrogens is 5. The second-order valence-corrected chi connectivity index (χ2v) is 10.5. The third-order valence-corrected chi connectivity index (χ3v) is 8.17. The molecule has 2 aromatic carbocycles. The quantitative estimate of drug-likeness (QED) is 0.419. The van der Waals surface area contributed by atoms with Crippen LogP contribution in [-0.4, -0.2) is 55.0 Å². The van der Waals surface area contributed by atoms with Gasteiger partial charge in [0.15, 0.2) is 11.7 Å². The molecule has 0 radical (unpaired) electrons. The average molecular weight is 515 g/mol. The molecule has 37 heavy (non-hydrogen) atoms. The van der Waals surface area contributed by atoms with Crippen LogP contribution < -0.4 is 9.64 Å². The molecule has 6 rings (SSSR count). The number of carbonyl (C=O) groups is 1. The molecule has 2 aromatic heterocycles. The molecule has 4 heterocycles. The average Bonchev–Trinajstić information content (AvgIpc) is 3.55. The number of carboxylic acids is 1. The SMILES string of the molecule is Cc1cccc(C2=CC3(CCN(c4ncc(-c5nnn(CC(=O)O)n5)s4)CC3)Oc3ccccc32)c1C. The fourth-order valence-corrected chi connectivity index (χ4v) is 5.89. The molecule has 2 aliphatic rings. The molecule has 0 saturated carbocycles. The number of aliphatic carboxylic acids is 1. The molecule has 0 bridgehead atoms. The number of piperidine rings is 1. The van der Waals surface area contributed by atoms with E-state index in [2.05, 4.69) is 81.6 Å². The van der Waals surface area contributed by atoms with Crippen molar-refractivity contribution in [2.75, 3.05) is 18.0 Å². The maximum Gasteiger partial charge on any atom is 0.327 e. The number of hydrogen-bond donors (Lipinski definition) is 1. The molecule has 1 N–H and O–H groups in total. The van der Waals surface area contributed by atoms with Crippen molar-refractivity contribution in [3.8, 4) is 16.5 Å². The van der Waals surface area contributed by atoms with Crippen molar-refractivity contribution in [1.29, 1.82) is 0 Å². The zero-order chi connectivity index (χ0) is 25.6. The summed E-state index contributed by atoms with van der Waals surface area (Å²) in [7, 11) is 0. The van der Waals surface area contributed by atoms with E-state index in [-0.39, 0.29) is 12.1 Å². The van der Waals surface area contributed by atoms with Crippen molar-refractivity contribution in [3.05, 3.63) is 77.0 Å². The fourth-order valence-electron chi connectivity index (χ4n) is 5.00. The minimum atomic E-state index is -1.02. The topological polar surface area (TPSA) is 106 Å². The molecule has 1 fully saturated rings. The van der Waals surface area contributed by atoms with Crippen molar-refractivity contribution in [3.63, 3.8) is 0 Å². The van der Waals surface area contributed by atoms with Gasteiger partial charge in [0.2, 0.25) is 5.82 Å². The second kappa shape index (κ2) is 9.11. The zero-order valence-corrected chi connectivity index (χ0v) is 21.4. The lowest BCUT2D eigenvalue weighted by molar-refractivity contribution is -0.138. The molecule has 4 aromatic rings. The maximum absolute atomic E-state index is 10.9. The van der Waals surface area contributed by atoms with Gasteiger partial charge in [0, 0.05) is 31.5 Å². The van der Waals surface area contributed by atoms with Crippen LogP contribution in [0.5, 0.6) is 5.75 Å². The van der Waals surface area contributed by atoms with E-state index in [0.717, 1.165) is 52.0 Å². The van der Waals surface area contributed by atoms with Crippen LogP contribution in [0.2, 0.25) is 0 Å². The first-order chi connectivity index (χ1) is 17.9. The molecular formula is C27H26N6O3S. The number of carboxylic acid groups (broad SMARTS) is 1. The van der Waals surface area contributed by atoms with Crippen molar-refractivity contribution in [2.24, 2.45) is 0 Å². The van der Waals surface area contributed by atoms with Gasteiger partial charge in [-0.2, -0.15) is 4.80 Å². The van der Waals surface area contributed by atoms with Crippen LogP contribution in [0.15, 0.2) is 54.7 Å². The van der Waals surface area contributed by atoms with Crippen molar-refractivity contribution >= 4 is 28.0 Å². The van der Waals surface area contributed by atoms with Crippen LogP contribution >= 0.6 is 11.3 Å². The van der Waals surface area contributed by atoms with Crippen LogP contribution in [0.4, 0.5) is 5.13 Å². The van der Waals surface area contributed by atoms with Gasteiger partial charge in [-0.3, -0.25) is 4.79 Å². The summed E-state index contributed by atoms with van der Waals surface area (Å²) in [6.45, 7) is 5.61. The normalized spacial score (nSPS) is 16.3. The summed E-state index contributed by atoms with van der Waals surface area (Å²) in [6, 6.07) is 14.8. The summed E-state index contributed by atoms with van der Waals surface area (Å²) in [4.78, 5) is 19.6. The molecule has 0 amide bonds. The molecule has 0 atom stereocenters. The van der Waals surface area contributed by atoms with Crippen molar-refractivity contribution < 1.29 is 14.6 Å². The Hall–Kier alpha value is -4.05. The number of aryl methyl sites for hydroxylation is 1. The molecular weight excluding hydrogens is 488 g/mol. The van der Waals surface area contributed by atoms with Gasteiger partial charge in [-0.25, -0.2) is 4.98 Å². The van der Waals surface area contributed by atoms with Crippen LogP contribution in [0, 0.1) is 13.8 Å². The Balaban J connectivity index is 1.24. The van der Waals surface area contributed by atoms with Gasteiger partial charge in [0.05, 0.1) is 11.1 Å². The van der Waals surface area contributed by atoms with E-state index < -0.39 is 5.97 Å². The Bertz CT molecular complexity index is 1520. The fraction of sp³-hybridized carbons (Fsp3) is 0.296. The molecule has 0 unspecified atom stereocenters. The van der Waals surface area contributed by atoms with Gasteiger partial charge in [-0.15, -0.1) is 10.2 Å². The number of ether oxygens (including phenoxy) is 1. The van der Waals surface area contributed by atoms with Crippen molar-refractivity contribution in [1.82, 2.24) is 25.2 Å².